The molecule has 2 rings (SSSR count). The van der Waals surface area contributed by atoms with Crippen LogP contribution in [-0.4, -0.2) is 17.1 Å². The summed E-state index contributed by atoms with van der Waals surface area (Å²) < 4.78 is 6.72. The predicted octanol–water partition coefficient (Wildman–Crippen LogP) is 0.180. The first-order valence-electron chi connectivity index (χ1n) is 5.66. The number of pyridine rings is 1. The Bertz CT molecular complexity index is 611. The molecule has 1 aromatic heterocycles. The van der Waals surface area contributed by atoms with Gasteiger partial charge in [-0.2, -0.15) is 0 Å². The number of aromatic nitrogens is 1. The normalized spacial score (nSPS) is 14.6. The van der Waals surface area contributed by atoms with Crippen LogP contribution in [0, 0.1) is 0 Å². The van der Waals surface area contributed by atoms with Crippen LogP contribution in [0.5, 0.6) is 0 Å². The molecule has 0 unspecified atom stereocenters. The molecule has 0 bridgehead atoms. The summed E-state index contributed by atoms with van der Waals surface area (Å²) in [6, 6.07) is 0.344. The Morgan fingerprint density at radius 2 is 2.18 bits per heavy atom. The summed E-state index contributed by atoms with van der Waals surface area (Å²) in [5, 5.41) is 0.869. The lowest BCUT2D eigenvalue weighted by molar-refractivity contribution is 0.0523. The molecule has 1 heterocycles. The third kappa shape index (κ3) is 2.02. The summed E-state index contributed by atoms with van der Waals surface area (Å²) in [6.45, 7) is 9.48. The van der Waals surface area contributed by atoms with Crippen molar-refractivity contribution in [3.8, 4) is 0 Å². The minimum atomic E-state index is -0.586. The number of nitrogens with zero attached hydrogens (tertiary/aromatic N) is 1. The number of carbonyl (C=O) groups is 1. The van der Waals surface area contributed by atoms with E-state index in [0.29, 0.717) is 11.4 Å². The number of esters is 1. The third-order valence-electron chi connectivity index (χ3n) is 2.88. The summed E-state index contributed by atoms with van der Waals surface area (Å²) in [5.41, 5.74) is -0.332. The molecule has 0 spiro atoms. The van der Waals surface area contributed by atoms with E-state index in [9.17, 15) is 9.59 Å². The summed E-state index contributed by atoms with van der Waals surface area (Å²) in [7, 11) is 0. The van der Waals surface area contributed by atoms with Crippen LogP contribution in [0.4, 0.5) is 0 Å². The largest absolute Gasteiger partial charge is 0.462 e. The summed E-state index contributed by atoms with van der Waals surface area (Å²) in [5.74, 6) is -0.586. The van der Waals surface area contributed by atoms with E-state index in [2.05, 4.69) is 13.2 Å². The zero-order valence-corrected chi connectivity index (χ0v) is 9.86. The van der Waals surface area contributed by atoms with Gasteiger partial charge in [0.25, 0.3) is 0 Å². The molecular formula is C13H15NO3. The molecular weight excluding hydrogens is 218 g/mol. The molecule has 0 N–H and O–H groups in total. The topological polar surface area (TPSA) is 48.3 Å². The summed E-state index contributed by atoms with van der Waals surface area (Å²) in [6.07, 6.45) is 3.65. The zero-order chi connectivity index (χ0) is 12.6. The van der Waals surface area contributed by atoms with Gasteiger partial charge in [0.05, 0.1) is 6.61 Å². The summed E-state index contributed by atoms with van der Waals surface area (Å²) in [4.78, 5) is 23.5. The highest BCUT2D eigenvalue weighted by molar-refractivity contribution is 5.88. The molecule has 0 aliphatic heterocycles. The van der Waals surface area contributed by atoms with Crippen LogP contribution in [0.25, 0.3) is 13.2 Å². The van der Waals surface area contributed by atoms with Crippen molar-refractivity contribution in [2.75, 3.05) is 6.61 Å². The molecule has 0 saturated heterocycles. The summed E-state index contributed by atoms with van der Waals surface area (Å²) >= 11 is 0. The van der Waals surface area contributed by atoms with Crippen molar-refractivity contribution in [2.45, 2.75) is 25.8 Å². The maximum Gasteiger partial charge on any atom is 0.343 e. The highest BCUT2D eigenvalue weighted by Crippen LogP contribution is 2.32. The van der Waals surface area contributed by atoms with E-state index in [1.54, 1.807) is 13.1 Å². The first-order valence-corrected chi connectivity index (χ1v) is 5.66. The lowest BCUT2D eigenvalue weighted by Crippen LogP contribution is -2.46. The van der Waals surface area contributed by atoms with E-state index in [0.717, 1.165) is 12.8 Å². The Balaban J connectivity index is 2.60. The fourth-order valence-corrected chi connectivity index (χ4v) is 1.76. The molecule has 0 amide bonds. The Kier molecular flexibility index (Phi) is 2.88. The van der Waals surface area contributed by atoms with Crippen LogP contribution in [-0.2, 0) is 4.74 Å². The Hall–Kier alpha value is -1.84. The maximum atomic E-state index is 11.9. The molecule has 4 nitrogen and oxygen atoms in total. The van der Waals surface area contributed by atoms with Gasteiger partial charge in [-0.1, -0.05) is 13.2 Å². The minimum Gasteiger partial charge on any atom is -0.462 e. The number of hydrogen-bond acceptors (Lipinski definition) is 3. The van der Waals surface area contributed by atoms with E-state index < -0.39 is 5.97 Å². The average molecular weight is 233 g/mol. The molecule has 1 aliphatic carbocycles. The average Bonchev–Trinajstić information content (AvgIpc) is 3.10. The van der Waals surface area contributed by atoms with Crippen LogP contribution >= 0.6 is 0 Å². The number of rotatable bonds is 3. The zero-order valence-electron chi connectivity index (χ0n) is 9.86. The van der Waals surface area contributed by atoms with E-state index in [1.807, 2.05) is 4.57 Å². The van der Waals surface area contributed by atoms with Crippen LogP contribution < -0.4 is 16.0 Å². The van der Waals surface area contributed by atoms with Crippen LogP contribution in [0.2, 0.25) is 0 Å². The van der Waals surface area contributed by atoms with Gasteiger partial charge in [-0.25, -0.2) is 4.79 Å². The van der Waals surface area contributed by atoms with Gasteiger partial charge in [-0.3, -0.25) is 4.79 Å². The molecule has 4 heteroatoms. The van der Waals surface area contributed by atoms with Gasteiger partial charge in [-0.05, 0) is 19.8 Å². The van der Waals surface area contributed by atoms with Crippen molar-refractivity contribution in [1.29, 1.82) is 0 Å². The SMILES string of the molecule is C=c1c(=O)c(C(=O)OCC)cn(C2CC2)c1=C. The van der Waals surface area contributed by atoms with Crippen molar-refractivity contribution in [3.63, 3.8) is 0 Å². The molecule has 0 radical (unpaired) electrons. The second kappa shape index (κ2) is 4.20. The molecule has 1 fully saturated rings. The first kappa shape index (κ1) is 11.6. The number of carbonyl (C=O) groups excluding carboxylic acids is 1. The van der Waals surface area contributed by atoms with Crippen molar-refractivity contribution < 1.29 is 9.53 Å². The highest BCUT2D eigenvalue weighted by Gasteiger charge is 2.25. The monoisotopic (exact) mass is 233 g/mol. The molecule has 1 saturated carbocycles. The molecule has 0 aromatic carbocycles. The van der Waals surface area contributed by atoms with Gasteiger partial charge < -0.3 is 9.30 Å². The second-order valence-electron chi connectivity index (χ2n) is 4.16. The Labute approximate surface area is 98.8 Å². The van der Waals surface area contributed by atoms with Crippen molar-refractivity contribution in [2.24, 2.45) is 0 Å². The van der Waals surface area contributed by atoms with Gasteiger partial charge in [-0.15, -0.1) is 0 Å². The van der Waals surface area contributed by atoms with Crippen molar-refractivity contribution in [1.82, 2.24) is 4.57 Å². The minimum absolute atomic E-state index is 0.0520. The van der Waals surface area contributed by atoms with Gasteiger partial charge in [0, 0.05) is 22.8 Å². The fourth-order valence-electron chi connectivity index (χ4n) is 1.76. The lowest BCUT2D eigenvalue weighted by atomic mass is 10.2. The van der Waals surface area contributed by atoms with Crippen molar-refractivity contribution >= 4 is 19.1 Å². The van der Waals surface area contributed by atoms with Gasteiger partial charge in [0.2, 0.25) is 5.43 Å². The Morgan fingerprint density at radius 1 is 1.53 bits per heavy atom. The van der Waals surface area contributed by atoms with E-state index in [-0.39, 0.29) is 22.8 Å². The van der Waals surface area contributed by atoms with Gasteiger partial charge in [0.15, 0.2) is 0 Å². The van der Waals surface area contributed by atoms with Crippen LogP contribution in [0.1, 0.15) is 36.2 Å². The number of hydrogen-bond donors (Lipinski definition) is 0. The molecule has 0 atom stereocenters. The van der Waals surface area contributed by atoms with Crippen molar-refractivity contribution in [3.05, 3.63) is 32.6 Å². The molecule has 1 aromatic rings. The number of ether oxygens (including phenoxy) is 1. The standard InChI is InChI=1S/C13H15NO3/c1-4-17-13(16)11-7-14(10-5-6-10)9(3)8(2)12(11)15/h7,10H,2-6H2,1H3. The van der Waals surface area contributed by atoms with E-state index in [1.165, 1.54) is 0 Å². The quantitative estimate of drug-likeness (QED) is 0.700. The molecule has 90 valence electrons. The third-order valence-corrected chi connectivity index (χ3v) is 2.88. The fraction of sp³-hybridized carbons (Fsp3) is 0.385. The van der Waals surface area contributed by atoms with Gasteiger partial charge in [0.1, 0.15) is 5.56 Å². The smallest absolute Gasteiger partial charge is 0.343 e. The first-order chi connectivity index (χ1) is 8.06. The van der Waals surface area contributed by atoms with Gasteiger partial charge >= 0.3 is 5.97 Å². The van der Waals surface area contributed by atoms with E-state index in [4.69, 9.17) is 4.74 Å². The molecule has 17 heavy (non-hydrogen) atoms. The maximum absolute atomic E-state index is 11.9. The van der Waals surface area contributed by atoms with Crippen LogP contribution in [0.3, 0.4) is 0 Å². The second-order valence-corrected chi connectivity index (χ2v) is 4.16. The van der Waals surface area contributed by atoms with Crippen LogP contribution in [0.15, 0.2) is 11.0 Å². The predicted molar refractivity (Wildman–Crippen MR) is 65.2 cm³/mol. The molecule has 1 aliphatic rings. The highest BCUT2D eigenvalue weighted by atomic mass is 16.5. The lowest BCUT2D eigenvalue weighted by Gasteiger charge is -2.08. The van der Waals surface area contributed by atoms with E-state index >= 15 is 0 Å². The Morgan fingerprint density at radius 3 is 2.71 bits per heavy atom.